The van der Waals surface area contributed by atoms with Crippen molar-refractivity contribution < 1.29 is 4.74 Å². The second kappa shape index (κ2) is 7.07. The van der Waals surface area contributed by atoms with Gasteiger partial charge in [0.15, 0.2) is 0 Å². The first-order chi connectivity index (χ1) is 9.60. The molecule has 0 amide bonds. The predicted octanol–water partition coefficient (Wildman–Crippen LogP) is 5.66. The van der Waals surface area contributed by atoms with Crippen LogP contribution in [0, 0.1) is 0 Å². The zero-order valence-corrected chi connectivity index (χ0v) is 13.2. The van der Waals surface area contributed by atoms with Crippen LogP contribution in [-0.2, 0) is 6.54 Å². The highest BCUT2D eigenvalue weighted by Crippen LogP contribution is 2.28. The van der Waals surface area contributed by atoms with Gasteiger partial charge in [-0.15, -0.1) is 0 Å². The normalized spacial score (nSPS) is 10.4. The van der Waals surface area contributed by atoms with Gasteiger partial charge in [-0.2, -0.15) is 0 Å². The van der Waals surface area contributed by atoms with E-state index in [2.05, 4.69) is 5.32 Å². The summed E-state index contributed by atoms with van der Waals surface area (Å²) in [4.78, 5) is 0. The molecular formula is C15H14Cl3NO. The van der Waals surface area contributed by atoms with Crippen molar-refractivity contribution in [3.8, 4) is 5.75 Å². The van der Waals surface area contributed by atoms with E-state index in [4.69, 9.17) is 39.5 Å². The molecule has 0 aromatic heterocycles. The maximum absolute atomic E-state index is 6.13. The second-order valence-corrected chi connectivity index (χ2v) is 5.42. The fraction of sp³-hybridized carbons (Fsp3) is 0.200. The molecule has 0 heterocycles. The molecule has 0 bridgehead atoms. The van der Waals surface area contributed by atoms with Crippen molar-refractivity contribution in [1.29, 1.82) is 0 Å². The van der Waals surface area contributed by atoms with Gasteiger partial charge in [-0.1, -0.05) is 40.9 Å². The van der Waals surface area contributed by atoms with Crippen molar-refractivity contribution in [3.05, 3.63) is 57.0 Å². The Balaban J connectivity index is 2.05. The molecule has 0 unspecified atom stereocenters. The highest BCUT2D eigenvalue weighted by atomic mass is 35.5. The number of benzene rings is 2. The van der Waals surface area contributed by atoms with Gasteiger partial charge in [0, 0.05) is 22.3 Å². The van der Waals surface area contributed by atoms with E-state index in [-0.39, 0.29) is 0 Å². The fourth-order valence-corrected chi connectivity index (χ4v) is 2.46. The van der Waals surface area contributed by atoms with Crippen molar-refractivity contribution in [2.45, 2.75) is 13.5 Å². The lowest BCUT2D eigenvalue weighted by Gasteiger charge is -2.11. The summed E-state index contributed by atoms with van der Waals surface area (Å²) in [5.74, 6) is 0.684. The molecule has 2 aromatic rings. The van der Waals surface area contributed by atoms with E-state index in [0.29, 0.717) is 34.0 Å². The molecule has 2 rings (SSSR count). The maximum Gasteiger partial charge on any atom is 0.138 e. The van der Waals surface area contributed by atoms with E-state index in [1.54, 1.807) is 6.07 Å². The van der Waals surface area contributed by atoms with Crippen molar-refractivity contribution >= 4 is 40.5 Å². The highest BCUT2D eigenvalue weighted by molar-refractivity contribution is 6.35. The average molecular weight is 331 g/mol. The third-order valence-corrected chi connectivity index (χ3v) is 3.61. The first-order valence-electron chi connectivity index (χ1n) is 6.20. The minimum atomic E-state index is 0.582. The smallest absolute Gasteiger partial charge is 0.138 e. The number of rotatable bonds is 5. The van der Waals surface area contributed by atoms with Gasteiger partial charge in [-0.3, -0.25) is 0 Å². The van der Waals surface area contributed by atoms with Gasteiger partial charge in [-0.05, 0) is 42.8 Å². The van der Waals surface area contributed by atoms with Gasteiger partial charge in [-0.25, -0.2) is 0 Å². The zero-order chi connectivity index (χ0) is 14.5. The average Bonchev–Trinajstić information content (AvgIpc) is 2.41. The summed E-state index contributed by atoms with van der Waals surface area (Å²) < 4.78 is 5.39. The molecule has 0 aliphatic heterocycles. The van der Waals surface area contributed by atoms with E-state index >= 15 is 0 Å². The standard InChI is InChI=1S/C15H14Cl3NO/c1-2-20-15-6-5-12(8-14(15)18)19-9-10-3-4-11(16)7-13(10)17/h3-8,19H,2,9H2,1H3. The number of hydrogen-bond donors (Lipinski definition) is 1. The Morgan fingerprint density at radius 3 is 2.45 bits per heavy atom. The Bertz CT molecular complexity index is 602. The highest BCUT2D eigenvalue weighted by Gasteiger charge is 2.04. The minimum Gasteiger partial charge on any atom is -0.492 e. The number of hydrogen-bond acceptors (Lipinski definition) is 2. The molecule has 2 nitrogen and oxygen atoms in total. The molecule has 1 N–H and O–H groups in total. The molecule has 20 heavy (non-hydrogen) atoms. The van der Waals surface area contributed by atoms with E-state index in [9.17, 15) is 0 Å². The molecule has 0 atom stereocenters. The van der Waals surface area contributed by atoms with Gasteiger partial charge in [0.1, 0.15) is 5.75 Å². The van der Waals surface area contributed by atoms with Crippen LogP contribution < -0.4 is 10.1 Å². The molecule has 0 aliphatic carbocycles. The summed E-state index contributed by atoms with van der Waals surface area (Å²) in [6.07, 6.45) is 0. The minimum absolute atomic E-state index is 0.582. The van der Waals surface area contributed by atoms with Gasteiger partial charge in [0.05, 0.1) is 11.6 Å². The van der Waals surface area contributed by atoms with Crippen LogP contribution in [0.3, 0.4) is 0 Å². The molecule has 5 heteroatoms. The van der Waals surface area contributed by atoms with Crippen molar-refractivity contribution in [3.63, 3.8) is 0 Å². The zero-order valence-electron chi connectivity index (χ0n) is 10.9. The van der Waals surface area contributed by atoms with Gasteiger partial charge in [0.25, 0.3) is 0 Å². The van der Waals surface area contributed by atoms with Crippen molar-refractivity contribution in [2.24, 2.45) is 0 Å². The van der Waals surface area contributed by atoms with Crippen LogP contribution in [0.4, 0.5) is 5.69 Å². The SMILES string of the molecule is CCOc1ccc(NCc2ccc(Cl)cc2Cl)cc1Cl. The third kappa shape index (κ3) is 3.95. The first-order valence-corrected chi connectivity index (χ1v) is 7.33. The first kappa shape index (κ1) is 15.3. The Hall–Kier alpha value is -1.09. The Morgan fingerprint density at radius 2 is 1.80 bits per heavy atom. The largest absolute Gasteiger partial charge is 0.492 e. The van der Waals surface area contributed by atoms with Crippen LogP contribution in [0.5, 0.6) is 5.75 Å². The molecule has 0 radical (unpaired) electrons. The molecule has 0 spiro atoms. The molecule has 2 aromatic carbocycles. The van der Waals surface area contributed by atoms with Crippen LogP contribution in [0.2, 0.25) is 15.1 Å². The lowest BCUT2D eigenvalue weighted by atomic mass is 10.2. The van der Waals surface area contributed by atoms with Crippen LogP contribution in [0.1, 0.15) is 12.5 Å². The predicted molar refractivity (Wildman–Crippen MR) is 86.4 cm³/mol. The fourth-order valence-electron chi connectivity index (χ4n) is 1.75. The van der Waals surface area contributed by atoms with E-state index in [0.717, 1.165) is 11.3 Å². The lowest BCUT2D eigenvalue weighted by molar-refractivity contribution is 0.340. The van der Waals surface area contributed by atoms with Crippen molar-refractivity contribution in [2.75, 3.05) is 11.9 Å². The summed E-state index contributed by atoms with van der Waals surface area (Å²) in [7, 11) is 0. The van der Waals surface area contributed by atoms with Crippen LogP contribution in [0.25, 0.3) is 0 Å². The number of nitrogens with one attached hydrogen (secondary N) is 1. The van der Waals surface area contributed by atoms with Gasteiger partial charge in [0.2, 0.25) is 0 Å². The topological polar surface area (TPSA) is 21.3 Å². The number of anilines is 1. The van der Waals surface area contributed by atoms with Crippen LogP contribution in [-0.4, -0.2) is 6.61 Å². The molecule has 0 fully saturated rings. The van der Waals surface area contributed by atoms with E-state index in [1.807, 2.05) is 37.3 Å². The van der Waals surface area contributed by atoms with Crippen LogP contribution >= 0.6 is 34.8 Å². The lowest BCUT2D eigenvalue weighted by Crippen LogP contribution is -2.00. The monoisotopic (exact) mass is 329 g/mol. The summed E-state index contributed by atoms with van der Waals surface area (Å²) in [5.41, 5.74) is 1.88. The molecule has 106 valence electrons. The number of ether oxygens (including phenoxy) is 1. The Labute approximate surface area is 133 Å². The van der Waals surface area contributed by atoms with Crippen LogP contribution in [0.15, 0.2) is 36.4 Å². The molecular weight excluding hydrogens is 317 g/mol. The summed E-state index contributed by atoms with van der Waals surface area (Å²) in [6, 6.07) is 11.0. The van der Waals surface area contributed by atoms with E-state index in [1.165, 1.54) is 0 Å². The van der Waals surface area contributed by atoms with Gasteiger partial charge >= 0.3 is 0 Å². The maximum atomic E-state index is 6.13. The summed E-state index contributed by atoms with van der Waals surface area (Å²) in [6.45, 7) is 3.11. The number of halogens is 3. The molecule has 0 aliphatic rings. The quantitative estimate of drug-likeness (QED) is 0.764. The summed E-state index contributed by atoms with van der Waals surface area (Å²) >= 11 is 18.1. The Kier molecular flexibility index (Phi) is 5.41. The second-order valence-electron chi connectivity index (χ2n) is 4.17. The van der Waals surface area contributed by atoms with E-state index < -0.39 is 0 Å². The Morgan fingerprint density at radius 1 is 1.00 bits per heavy atom. The van der Waals surface area contributed by atoms with Gasteiger partial charge < -0.3 is 10.1 Å². The third-order valence-electron chi connectivity index (χ3n) is 2.73. The van der Waals surface area contributed by atoms with Crippen molar-refractivity contribution in [1.82, 2.24) is 0 Å². The summed E-state index contributed by atoms with van der Waals surface area (Å²) in [5, 5.41) is 5.11. The molecule has 0 saturated carbocycles. The molecule has 0 saturated heterocycles.